The van der Waals surface area contributed by atoms with Gasteiger partial charge in [-0.2, -0.15) is 8.78 Å². The summed E-state index contributed by atoms with van der Waals surface area (Å²) >= 11 is 0. The van der Waals surface area contributed by atoms with Crippen LogP contribution in [0.2, 0.25) is 0 Å². The number of carboxylic acids is 1. The van der Waals surface area contributed by atoms with E-state index in [-0.39, 0.29) is 25.2 Å². The Morgan fingerprint density at radius 2 is 2.00 bits per heavy atom. The first-order valence-electron chi connectivity index (χ1n) is 2.36. The van der Waals surface area contributed by atoms with Gasteiger partial charge in [0.25, 0.3) is 6.08 Å². The number of hydrogen-bond acceptors (Lipinski definition) is 1. The average molecular weight is 173 g/mol. The van der Waals surface area contributed by atoms with Crippen LogP contribution < -0.4 is 0 Å². The quantitative estimate of drug-likeness (QED) is 0.708. The molecular formula is C5H7ClF2O2. The summed E-state index contributed by atoms with van der Waals surface area (Å²) in [5, 5.41) is 7.95. The number of halogens is 3. The van der Waals surface area contributed by atoms with E-state index in [0.717, 1.165) is 0 Å². The highest BCUT2D eigenvalue weighted by atomic mass is 35.5. The highest BCUT2D eigenvalue weighted by Crippen LogP contribution is 2.00. The van der Waals surface area contributed by atoms with Crippen molar-refractivity contribution >= 4 is 18.4 Å². The fourth-order valence-electron chi connectivity index (χ4n) is 0.305. The van der Waals surface area contributed by atoms with E-state index in [4.69, 9.17) is 5.11 Å². The van der Waals surface area contributed by atoms with Crippen LogP contribution in [0.1, 0.15) is 12.8 Å². The van der Waals surface area contributed by atoms with Gasteiger partial charge in [-0.05, 0) is 12.5 Å². The Morgan fingerprint density at radius 3 is 2.30 bits per heavy atom. The van der Waals surface area contributed by atoms with Crippen LogP contribution in [-0.2, 0) is 4.79 Å². The van der Waals surface area contributed by atoms with Crippen molar-refractivity contribution in [2.24, 2.45) is 0 Å². The maximum atomic E-state index is 11.2. The van der Waals surface area contributed by atoms with Gasteiger partial charge in [0.2, 0.25) is 0 Å². The van der Waals surface area contributed by atoms with E-state index < -0.39 is 12.0 Å². The molecule has 0 aromatic carbocycles. The van der Waals surface area contributed by atoms with Gasteiger partial charge in [0.1, 0.15) is 0 Å². The Hall–Kier alpha value is -0.640. The molecule has 0 amide bonds. The Bertz CT molecular complexity index is 132. The summed E-state index contributed by atoms with van der Waals surface area (Å²) in [5.74, 6) is -1.06. The largest absolute Gasteiger partial charge is 0.481 e. The SMILES string of the molecule is Cl.O=C(O)CCC=C(F)F. The van der Waals surface area contributed by atoms with E-state index in [1.807, 2.05) is 0 Å². The zero-order chi connectivity index (χ0) is 7.28. The number of allylic oxidation sites excluding steroid dienone is 1. The summed E-state index contributed by atoms with van der Waals surface area (Å²) in [5.41, 5.74) is 0. The monoisotopic (exact) mass is 172 g/mol. The van der Waals surface area contributed by atoms with E-state index in [1.165, 1.54) is 0 Å². The van der Waals surface area contributed by atoms with Crippen LogP contribution in [0.5, 0.6) is 0 Å². The first kappa shape index (κ1) is 12.1. The van der Waals surface area contributed by atoms with Gasteiger partial charge in [-0.3, -0.25) is 4.79 Å². The molecule has 5 heteroatoms. The molecule has 0 aromatic heterocycles. The Labute approximate surface area is 62.9 Å². The van der Waals surface area contributed by atoms with Crippen molar-refractivity contribution in [2.75, 3.05) is 0 Å². The summed E-state index contributed by atoms with van der Waals surface area (Å²) in [6, 6.07) is 0. The molecule has 0 bridgehead atoms. The van der Waals surface area contributed by atoms with Crippen molar-refractivity contribution in [3.63, 3.8) is 0 Å². The van der Waals surface area contributed by atoms with Crippen LogP contribution >= 0.6 is 12.4 Å². The molecule has 0 spiro atoms. The lowest BCUT2D eigenvalue weighted by atomic mass is 10.3. The van der Waals surface area contributed by atoms with Crippen LogP contribution in [0, 0.1) is 0 Å². The second kappa shape index (κ2) is 6.48. The van der Waals surface area contributed by atoms with E-state index in [2.05, 4.69) is 0 Å². The Balaban J connectivity index is 0. The molecule has 0 rings (SSSR count). The molecule has 0 aliphatic heterocycles. The van der Waals surface area contributed by atoms with Crippen molar-refractivity contribution in [3.05, 3.63) is 12.2 Å². The van der Waals surface area contributed by atoms with Crippen LogP contribution in [0.4, 0.5) is 8.78 Å². The molecule has 0 heterocycles. The zero-order valence-corrected chi connectivity index (χ0v) is 5.83. The van der Waals surface area contributed by atoms with Crippen LogP contribution in [0.3, 0.4) is 0 Å². The van der Waals surface area contributed by atoms with Crippen LogP contribution in [0.15, 0.2) is 12.2 Å². The number of aliphatic carboxylic acids is 1. The van der Waals surface area contributed by atoms with Crippen molar-refractivity contribution in [1.29, 1.82) is 0 Å². The molecule has 1 N–H and O–H groups in total. The third-order valence-corrected chi connectivity index (χ3v) is 0.657. The molecule has 60 valence electrons. The first-order valence-corrected chi connectivity index (χ1v) is 2.36. The summed E-state index contributed by atoms with van der Waals surface area (Å²) in [4.78, 5) is 9.71. The smallest absolute Gasteiger partial charge is 0.303 e. The zero-order valence-electron chi connectivity index (χ0n) is 5.01. The fraction of sp³-hybridized carbons (Fsp3) is 0.400. The molecule has 0 saturated heterocycles. The molecule has 0 atom stereocenters. The molecule has 0 fully saturated rings. The van der Waals surface area contributed by atoms with Crippen molar-refractivity contribution < 1.29 is 18.7 Å². The second-order valence-electron chi connectivity index (χ2n) is 1.43. The minimum Gasteiger partial charge on any atom is -0.481 e. The highest BCUT2D eigenvalue weighted by molar-refractivity contribution is 5.85. The topological polar surface area (TPSA) is 37.3 Å². The lowest BCUT2D eigenvalue weighted by Gasteiger charge is -1.84. The fourth-order valence-corrected chi connectivity index (χ4v) is 0.305. The molecule has 0 saturated carbocycles. The summed E-state index contributed by atoms with van der Waals surface area (Å²) in [6.45, 7) is 0. The van der Waals surface area contributed by atoms with Crippen molar-refractivity contribution in [3.8, 4) is 0 Å². The molecule has 0 aromatic rings. The van der Waals surface area contributed by atoms with E-state index >= 15 is 0 Å². The Kier molecular flexibility index (Phi) is 7.82. The van der Waals surface area contributed by atoms with E-state index in [9.17, 15) is 13.6 Å². The van der Waals surface area contributed by atoms with Gasteiger partial charge in [0, 0.05) is 6.42 Å². The standard InChI is InChI=1S/C5H6F2O2.ClH/c6-4(7)2-1-3-5(8)9;/h2H,1,3H2,(H,8,9);1H. The van der Waals surface area contributed by atoms with Crippen LogP contribution in [-0.4, -0.2) is 11.1 Å². The maximum Gasteiger partial charge on any atom is 0.303 e. The van der Waals surface area contributed by atoms with Gasteiger partial charge >= 0.3 is 5.97 Å². The molecule has 0 aliphatic rings. The van der Waals surface area contributed by atoms with Crippen molar-refractivity contribution in [1.82, 2.24) is 0 Å². The van der Waals surface area contributed by atoms with Gasteiger partial charge in [-0.15, -0.1) is 12.4 Å². The normalized spacial score (nSPS) is 7.80. The predicted octanol–water partition coefficient (Wildman–Crippen LogP) is 2.05. The molecule has 2 nitrogen and oxygen atoms in total. The summed E-state index contributed by atoms with van der Waals surface area (Å²) in [7, 11) is 0. The molecule has 10 heavy (non-hydrogen) atoms. The lowest BCUT2D eigenvalue weighted by Crippen LogP contribution is -1.91. The van der Waals surface area contributed by atoms with Crippen LogP contribution in [0.25, 0.3) is 0 Å². The predicted molar refractivity (Wildman–Crippen MR) is 34.4 cm³/mol. The molecule has 0 radical (unpaired) electrons. The summed E-state index contributed by atoms with van der Waals surface area (Å²) in [6.07, 6.45) is -1.57. The van der Waals surface area contributed by atoms with Gasteiger partial charge in [-0.25, -0.2) is 0 Å². The molecule has 0 unspecified atom stereocenters. The Morgan fingerprint density at radius 1 is 1.50 bits per heavy atom. The number of rotatable bonds is 3. The number of hydrogen-bond donors (Lipinski definition) is 1. The highest BCUT2D eigenvalue weighted by Gasteiger charge is 1.94. The maximum absolute atomic E-state index is 11.2. The van der Waals surface area contributed by atoms with Gasteiger partial charge < -0.3 is 5.11 Å². The van der Waals surface area contributed by atoms with Gasteiger partial charge in [0.05, 0.1) is 0 Å². The first-order chi connectivity index (χ1) is 4.13. The van der Waals surface area contributed by atoms with Gasteiger partial charge in [-0.1, -0.05) is 0 Å². The minimum absolute atomic E-state index is 0. The second-order valence-corrected chi connectivity index (χ2v) is 1.43. The lowest BCUT2D eigenvalue weighted by molar-refractivity contribution is -0.136. The molecular weight excluding hydrogens is 166 g/mol. The molecule has 0 aliphatic carbocycles. The third-order valence-electron chi connectivity index (χ3n) is 0.657. The minimum atomic E-state index is -1.82. The third kappa shape index (κ3) is 10.4. The van der Waals surface area contributed by atoms with E-state index in [0.29, 0.717) is 6.08 Å². The average Bonchev–Trinajstić information content (AvgIpc) is 1.63. The van der Waals surface area contributed by atoms with E-state index in [1.54, 1.807) is 0 Å². The number of carbonyl (C=O) groups is 1. The summed E-state index contributed by atoms with van der Waals surface area (Å²) < 4.78 is 22.3. The number of carboxylic acid groups (broad SMARTS) is 1. The van der Waals surface area contributed by atoms with Gasteiger partial charge in [0.15, 0.2) is 0 Å². The van der Waals surface area contributed by atoms with Crippen molar-refractivity contribution in [2.45, 2.75) is 12.8 Å².